The molecule has 4 heteroatoms. The van der Waals surface area contributed by atoms with Crippen LogP contribution in [0.2, 0.25) is 5.15 Å². The maximum atomic E-state index is 6.12. The summed E-state index contributed by atoms with van der Waals surface area (Å²) in [7, 11) is 0. The Kier molecular flexibility index (Phi) is 3.03. The van der Waals surface area contributed by atoms with Crippen LogP contribution in [0.25, 0.3) is 21.3 Å². The Morgan fingerprint density at radius 1 is 1.05 bits per heavy atom. The van der Waals surface area contributed by atoms with Crippen LogP contribution in [0, 0.1) is 20.8 Å². The topological polar surface area (TPSA) is 25.8 Å². The molecule has 2 aromatic heterocycles. The van der Waals surface area contributed by atoms with Gasteiger partial charge >= 0.3 is 0 Å². The number of aryl methyl sites for hydroxylation is 3. The Bertz CT molecular complexity index is 754. The number of hydrogen-bond donors (Lipinski definition) is 0. The van der Waals surface area contributed by atoms with Gasteiger partial charge in [-0.3, -0.25) is 0 Å². The van der Waals surface area contributed by atoms with Crippen molar-refractivity contribution in [2.24, 2.45) is 0 Å². The minimum atomic E-state index is 0.531. The maximum Gasteiger partial charge on any atom is 0.150 e. The van der Waals surface area contributed by atoms with Gasteiger partial charge in [-0.05, 0) is 37.5 Å². The third kappa shape index (κ3) is 2.03. The van der Waals surface area contributed by atoms with E-state index in [4.69, 9.17) is 11.6 Å². The highest BCUT2D eigenvalue weighted by Crippen LogP contribution is 2.38. The van der Waals surface area contributed by atoms with Gasteiger partial charge < -0.3 is 0 Å². The first-order chi connectivity index (χ1) is 9.08. The Labute approximate surface area is 121 Å². The molecule has 0 N–H and O–H groups in total. The Balaban J connectivity index is 2.34. The normalized spacial score (nSPS) is 11.2. The Morgan fingerprint density at radius 2 is 1.74 bits per heavy atom. The standard InChI is InChI=1S/C15H13ClN2S/c1-8-4-9(2)12(10(3)5-8)11-6-19-14-13(11)17-7-18-15(14)16/h4-7H,1-3H3. The van der Waals surface area contributed by atoms with Gasteiger partial charge in [0.15, 0.2) is 0 Å². The Morgan fingerprint density at radius 3 is 2.42 bits per heavy atom. The molecule has 3 aromatic rings. The first-order valence-electron chi connectivity index (χ1n) is 6.04. The van der Waals surface area contributed by atoms with Gasteiger partial charge in [0.1, 0.15) is 11.5 Å². The number of rotatable bonds is 1. The molecule has 0 saturated heterocycles. The molecule has 0 saturated carbocycles. The predicted molar refractivity (Wildman–Crippen MR) is 82.1 cm³/mol. The van der Waals surface area contributed by atoms with Crippen LogP contribution in [0.5, 0.6) is 0 Å². The molecule has 19 heavy (non-hydrogen) atoms. The molecule has 0 aliphatic rings. The third-order valence-corrected chi connectivity index (χ3v) is 4.63. The van der Waals surface area contributed by atoms with E-state index in [1.807, 2.05) is 0 Å². The van der Waals surface area contributed by atoms with Gasteiger partial charge in [0.25, 0.3) is 0 Å². The predicted octanol–water partition coefficient (Wildman–Crippen LogP) is 4.94. The van der Waals surface area contributed by atoms with Gasteiger partial charge in [-0.15, -0.1) is 11.3 Å². The maximum absolute atomic E-state index is 6.12. The minimum Gasteiger partial charge on any atom is -0.235 e. The first kappa shape index (κ1) is 12.6. The summed E-state index contributed by atoms with van der Waals surface area (Å²) in [6.45, 7) is 6.40. The van der Waals surface area contributed by atoms with E-state index in [9.17, 15) is 0 Å². The van der Waals surface area contributed by atoms with Crippen LogP contribution in [0.3, 0.4) is 0 Å². The van der Waals surface area contributed by atoms with E-state index in [0.717, 1.165) is 15.8 Å². The zero-order valence-corrected chi connectivity index (χ0v) is 12.6. The lowest BCUT2D eigenvalue weighted by Crippen LogP contribution is -1.90. The van der Waals surface area contributed by atoms with Crippen molar-refractivity contribution >= 4 is 33.2 Å². The van der Waals surface area contributed by atoms with Crippen molar-refractivity contribution in [3.05, 3.63) is 45.7 Å². The van der Waals surface area contributed by atoms with E-state index >= 15 is 0 Å². The van der Waals surface area contributed by atoms with Gasteiger partial charge in [0.2, 0.25) is 0 Å². The smallest absolute Gasteiger partial charge is 0.150 e. The van der Waals surface area contributed by atoms with Crippen molar-refractivity contribution in [1.29, 1.82) is 0 Å². The SMILES string of the molecule is Cc1cc(C)c(-c2csc3c(Cl)ncnc23)c(C)c1. The van der Waals surface area contributed by atoms with E-state index in [2.05, 4.69) is 48.3 Å². The van der Waals surface area contributed by atoms with Crippen molar-refractivity contribution in [2.75, 3.05) is 0 Å². The van der Waals surface area contributed by atoms with E-state index in [0.29, 0.717) is 5.15 Å². The molecule has 3 rings (SSSR count). The largest absolute Gasteiger partial charge is 0.235 e. The van der Waals surface area contributed by atoms with Crippen LogP contribution in [-0.4, -0.2) is 9.97 Å². The number of benzene rings is 1. The highest BCUT2D eigenvalue weighted by atomic mass is 35.5. The second-order valence-electron chi connectivity index (χ2n) is 4.77. The molecule has 0 aliphatic heterocycles. The summed E-state index contributed by atoms with van der Waals surface area (Å²) in [6, 6.07) is 4.41. The average molecular weight is 289 g/mol. The fourth-order valence-electron chi connectivity index (χ4n) is 2.60. The summed E-state index contributed by atoms with van der Waals surface area (Å²) < 4.78 is 0.957. The lowest BCUT2D eigenvalue weighted by atomic mass is 9.95. The summed E-state index contributed by atoms with van der Waals surface area (Å²) in [4.78, 5) is 8.44. The van der Waals surface area contributed by atoms with Crippen molar-refractivity contribution < 1.29 is 0 Å². The summed E-state index contributed by atoms with van der Waals surface area (Å²) in [5.74, 6) is 0. The molecule has 0 unspecified atom stereocenters. The van der Waals surface area contributed by atoms with Gasteiger partial charge in [-0.2, -0.15) is 0 Å². The van der Waals surface area contributed by atoms with Crippen molar-refractivity contribution in [1.82, 2.24) is 9.97 Å². The zero-order chi connectivity index (χ0) is 13.6. The van der Waals surface area contributed by atoms with Gasteiger partial charge in [-0.1, -0.05) is 29.3 Å². The van der Waals surface area contributed by atoms with Gasteiger partial charge in [0, 0.05) is 10.9 Å². The molecular weight excluding hydrogens is 276 g/mol. The number of halogens is 1. The number of fused-ring (bicyclic) bond motifs is 1. The second-order valence-corrected chi connectivity index (χ2v) is 6.00. The molecule has 0 amide bonds. The molecule has 0 aliphatic carbocycles. The van der Waals surface area contributed by atoms with E-state index in [-0.39, 0.29) is 0 Å². The van der Waals surface area contributed by atoms with E-state index < -0.39 is 0 Å². The average Bonchev–Trinajstić information content (AvgIpc) is 2.73. The molecule has 2 nitrogen and oxygen atoms in total. The quantitative estimate of drug-likeness (QED) is 0.593. The van der Waals surface area contributed by atoms with Gasteiger partial charge in [0.05, 0.1) is 10.2 Å². The summed E-state index contributed by atoms with van der Waals surface area (Å²) >= 11 is 7.72. The number of aromatic nitrogens is 2. The number of hydrogen-bond acceptors (Lipinski definition) is 3. The molecule has 1 aromatic carbocycles. The molecule has 0 radical (unpaired) electrons. The molecular formula is C15H13ClN2S. The lowest BCUT2D eigenvalue weighted by Gasteiger charge is -2.10. The first-order valence-corrected chi connectivity index (χ1v) is 7.29. The molecule has 96 valence electrons. The van der Waals surface area contributed by atoms with Crippen LogP contribution < -0.4 is 0 Å². The van der Waals surface area contributed by atoms with Crippen molar-refractivity contribution in [3.8, 4) is 11.1 Å². The van der Waals surface area contributed by atoms with Crippen LogP contribution in [0.15, 0.2) is 23.8 Å². The van der Waals surface area contributed by atoms with Crippen LogP contribution >= 0.6 is 22.9 Å². The van der Waals surface area contributed by atoms with Crippen molar-refractivity contribution in [2.45, 2.75) is 20.8 Å². The van der Waals surface area contributed by atoms with Crippen LogP contribution in [0.4, 0.5) is 0 Å². The summed E-state index contributed by atoms with van der Waals surface area (Å²) in [5, 5.41) is 2.65. The fourth-order valence-corrected chi connectivity index (χ4v) is 3.76. The lowest BCUT2D eigenvalue weighted by molar-refractivity contribution is 1.23. The molecule has 0 atom stereocenters. The minimum absolute atomic E-state index is 0.531. The van der Waals surface area contributed by atoms with Crippen LogP contribution in [0.1, 0.15) is 16.7 Å². The summed E-state index contributed by atoms with van der Waals surface area (Å²) in [6.07, 6.45) is 1.53. The zero-order valence-electron chi connectivity index (χ0n) is 11.0. The summed E-state index contributed by atoms with van der Waals surface area (Å²) in [5.41, 5.74) is 7.18. The molecule has 0 bridgehead atoms. The second kappa shape index (κ2) is 4.58. The highest BCUT2D eigenvalue weighted by molar-refractivity contribution is 7.18. The highest BCUT2D eigenvalue weighted by Gasteiger charge is 2.14. The molecule has 2 heterocycles. The van der Waals surface area contributed by atoms with Crippen molar-refractivity contribution in [3.63, 3.8) is 0 Å². The number of thiophene rings is 1. The molecule has 0 fully saturated rings. The van der Waals surface area contributed by atoms with Crippen LogP contribution in [-0.2, 0) is 0 Å². The fraction of sp³-hybridized carbons (Fsp3) is 0.200. The third-order valence-electron chi connectivity index (χ3n) is 3.26. The van der Waals surface area contributed by atoms with Gasteiger partial charge in [-0.25, -0.2) is 9.97 Å². The number of nitrogens with zero attached hydrogens (tertiary/aromatic N) is 2. The Hall–Kier alpha value is -1.45. The van der Waals surface area contributed by atoms with E-state index in [1.54, 1.807) is 11.3 Å². The molecule has 0 spiro atoms. The monoisotopic (exact) mass is 288 g/mol. The van der Waals surface area contributed by atoms with E-state index in [1.165, 1.54) is 28.6 Å².